The molecule has 0 radical (unpaired) electrons. The summed E-state index contributed by atoms with van der Waals surface area (Å²) in [5.41, 5.74) is 0.588. The first-order valence-corrected chi connectivity index (χ1v) is 14.1. The van der Waals surface area contributed by atoms with E-state index in [-0.39, 0.29) is 39.5 Å². The monoisotopic (exact) mass is 579 g/mol. The predicted octanol–water partition coefficient (Wildman–Crippen LogP) is 5.27. The molecule has 202 valence electrons. The topological polar surface area (TPSA) is 86.8 Å². The molecule has 0 unspecified atom stereocenters. The van der Waals surface area contributed by atoms with Gasteiger partial charge < -0.3 is 10.2 Å². The van der Waals surface area contributed by atoms with Gasteiger partial charge in [0.2, 0.25) is 11.8 Å². The van der Waals surface area contributed by atoms with Crippen LogP contribution in [-0.2, 0) is 26.2 Å². The van der Waals surface area contributed by atoms with Gasteiger partial charge in [-0.1, -0.05) is 60.5 Å². The third-order valence-corrected chi connectivity index (χ3v) is 8.12. The molecular formula is C27H28Cl2FN3O4S. The minimum absolute atomic E-state index is 0.0177. The van der Waals surface area contributed by atoms with Crippen molar-refractivity contribution >= 4 is 50.7 Å². The van der Waals surface area contributed by atoms with Gasteiger partial charge in [-0.25, -0.2) is 12.8 Å². The maximum atomic E-state index is 13.9. The van der Waals surface area contributed by atoms with E-state index in [0.717, 1.165) is 4.31 Å². The van der Waals surface area contributed by atoms with E-state index in [1.54, 1.807) is 32.0 Å². The number of hydrogen-bond donors (Lipinski definition) is 1. The zero-order chi connectivity index (χ0) is 27.9. The number of nitrogens with one attached hydrogen (secondary N) is 1. The Hall–Kier alpha value is -3.14. The van der Waals surface area contributed by atoms with Crippen molar-refractivity contribution in [3.05, 3.63) is 94.2 Å². The van der Waals surface area contributed by atoms with Gasteiger partial charge in [0, 0.05) is 18.1 Å². The van der Waals surface area contributed by atoms with Crippen LogP contribution in [0.25, 0.3) is 0 Å². The van der Waals surface area contributed by atoms with Gasteiger partial charge in [0.15, 0.2) is 0 Å². The fourth-order valence-corrected chi connectivity index (χ4v) is 5.79. The molecule has 7 nitrogen and oxygen atoms in total. The highest BCUT2D eigenvalue weighted by Crippen LogP contribution is 2.33. The minimum Gasteiger partial charge on any atom is -0.355 e. The number of amides is 2. The summed E-state index contributed by atoms with van der Waals surface area (Å²) in [5, 5.41) is 3.02. The largest absolute Gasteiger partial charge is 0.355 e. The molecule has 0 aliphatic heterocycles. The highest BCUT2D eigenvalue weighted by Gasteiger charge is 2.34. The van der Waals surface area contributed by atoms with Gasteiger partial charge >= 0.3 is 0 Å². The number of sulfonamides is 1. The quantitative estimate of drug-likeness (QED) is 0.335. The molecule has 3 aromatic rings. The summed E-state index contributed by atoms with van der Waals surface area (Å²) in [4.78, 5) is 28.0. The van der Waals surface area contributed by atoms with E-state index in [4.69, 9.17) is 23.2 Å². The number of carbonyl (C=O) groups excluding carboxylic acids is 2. The number of benzene rings is 3. The molecular weight excluding hydrogens is 552 g/mol. The molecule has 0 aliphatic rings. The Labute approximate surface area is 232 Å². The van der Waals surface area contributed by atoms with Crippen LogP contribution in [-0.4, -0.2) is 44.3 Å². The van der Waals surface area contributed by atoms with Gasteiger partial charge in [-0.3, -0.25) is 13.9 Å². The summed E-state index contributed by atoms with van der Waals surface area (Å²) in [6.45, 7) is 3.15. The molecule has 0 saturated carbocycles. The van der Waals surface area contributed by atoms with E-state index < -0.39 is 34.3 Å². The molecule has 38 heavy (non-hydrogen) atoms. The molecule has 1 atom stereocenters. The second-order valence-corrected chi connectivity index (χ2v) is 11.1. The van der Waals surface area contributed by atoms with Crippen molar-refractivity contribution in [3.8, 4) is 0 Å². The first-order chi connectivity index (χ1) is 18.1. The molecule has 3 aromatic carbocycles. The van der Waals surface area contributed by atoms with Crippen LogP contribution in [0.1, 0.15) is 25.8 Å². The molecule has 11 heteroatoms. The highest BCUT2D eigenvalue weighted by atomic mass is 35.5. The molecule has 0 heterocycles. The molecule has 2 amide bonds. The lowest BCUT2D eigenvalue weighted by Gasteiger charge is -2.33. The van der Waals surface area contributed by atoms with E-state index in [1.807, 2.05) is 0 Å². The van der Waals surface area contributed by atoms with Crippen molar-refractivity contribution < 1.29 is 22.4 Å². The molecule has 0 spiro atoms. The fourth-order valence-electron chi connectivity index (χ4n) is 3.91. The van der Waals surface area contributed by atoms with Crippen molar-refractivity contribution in [1.82, 2.24) is 10.2 Å². The Morgan fingerprint density at radius 3 is 2.24 bits per heavy atom. The van der Waals surface area contributed by atoms with Crippen molar-refractivity contribution in [3.63, 3.8) is 0 Å². The first kappa shape index (κ1) is 29.4. The van der Waals surface area contributed by atoms with Crippen LogP contribution in [0.2, 0.25) is 10.0 Å². The van der Waals surface area contributed by atoms with E-state index in [0.29, 0.717) is 12.1 Å². The maximum Gasteiger partial charge on any atom is 0.264 e. The van der Waals surface area contributed by atoms with Crippen molar-refractivity contribution in [2.45, 2.75) is 37.8 Å². The maximum absolute atomic E-state index is 13.9. The number of carbonyl (C=O) groups is 2. The standard InChI is InChI=1S/C27H28Cl2FN3O4S/c1-3-24(27(35)31-4-2)32(17-19-10-13-21(30)14-11-19)26(34)18-33(25-16-20(28)12-15-23(25)29)38(36,37)22-8-6-5-7-9-22/h5-16,24H,3-4,17-18H2,1-2H3,(H,31,35)/t24-/m0/s1. The molecule has 1 N–H and O–H groups in total. The number of nitrogens with zero attached hydrogens (tertiary/aromatic N) is 2. The van der Waals surface area contributed by atoms with Crippen LogP contribution in [0, 0.1) is 5.82 Å². The van der Waals surface area contributed by atoms with Gasteiger partial charge in [-0.2, -0.15) is 0 Å². The van der Waals surface area contributed by atoms with Gasteiger partial charge in [0.05, 0.1) is 15.6 Å². The lowest BCUT2D eigenvalue weighted by Crippen LogP contribution is -2.52. The third-order valence-electron chi connectivity index (χ3n) is 5.79. The third kappa shape index (κ3) is 7.03. The molecule has 0 aliphatic carbocycles. The van der Waals surface area contributed by atoms with Crippen LogP contribution in [0.4, 0.5) is 10.1 Å². The van der Waals surface area contributed by atoms with Gasteiger partial charge in [0.1, 0.15) is 18.4 Å². The van der Waals surface area contributed by atoms with Crippen molar-refractivity contribution in [1.29, 1.82) is 0 Å². The van der Waals surface area contributed by atoms with Crippen LogP contribution in [0.15, 0.2) is 77.7 Å². The fraction of sp³-hybridized carbons (Fsp3) is 0.259. The first-order valence-electron chi connectivity index (χ1n) is 11.9. The summed E-state index contributed by atoms with van der Waals surface area (Å²) in [5.74, 6) is -1.48. The Bertz CT molecular complexity index is 1370. The minimum atomic E-state index is -4.27. The average Bonchev–Trinajstić information content (AvgIpc) is 2.90. The molecule has 0 aromatic heterocycles. The van der Waals surface area contributed by atoms with Crippen molar-refractivity contribution in [2.75, 3.05) is 17.4 Å². The lowest BCUT2D eigenvalue weighted by molar-refractivity contribution is -0.140. The number of hydrogen-bond acceptors (Lipinski definition) is 4. The Morgan fingerprint density at radius 2 is 1.63 bits per heavy atom. The number of rotatable bonds is 11. The smallest absolute Gasteiger partial charge is 0.264 e. The SMILES string of the molecule is CCNC(=O)[C@H](CC)N(Cc1ccc(F)cc1)C(=O)CN(c1cc(Cl)ccc1Cl)S(=O)(=O)c1ccccc1. The zero-order valence-electron chi connectivity index (χ0n) is 20.9. The molecule has 3 rings (SSSR count). The number of anilines is 1. The summed E-state index contributed by atoms with van der Waals surface area (Å²) in [6, 6.07) is 16.5. The van der Waals surface area contributed by atoms with Crippen molar-refractivity contribution in [2.24, 2.45) is 0 Å². The lowest BCUT2D eigenvalue weighted by atomic mass is 10.1. The van der Waals surface area contributed by atoms with Crippen LogP contribution in [0.3, 0.4) is 0 Å². The van der Waals surface area contributed by atoms with E-state index >= 15 is 0 Å². The van der Waals surface area contributed by atoms with Crippen LogP contribution < -0.4 is 9.62 Å². The molecule has 0 saturated heterocycles. The molecule has 0 fully saturated rings. The van der Waals surface area contributed by atoms with E-state index in [1.165, 1.54) is 59.5 Å². The Balaban J connectivity index is 2.08. The average molecular weight is 581 g/mol. The zero-order valence-corrected chi connectivity index (χ0v) is 23.2. The summed E-state index contributed by atoms with van der Waals surface area (Å²) >= 11 is 12.6. The van der Waals surface area contributed by atoms with Gasteiger partial charge in [-0.05, 0) is 61.4 Å². The predicted molar refractivity (Wildman–Crippen MR) is 147 cm³/mol. The Kier molecular flexibility index (Phi) is 10.1. The normalized spacial score (nSPS) is 12.0. The van der Waals surface area contributed by atoms with E-state index in [2.05, 4.69) is 5.32 Å². The van der Waals surface area contributed by atoms with Crippen LogP contribution >= 0.6 is 23.2 Å². The summed E-state index contributed by atoms with van der Waals surface area (Å²) in [6.07, 6.45) is 0.266. The number of likely N-dealkylation sites (N-methyl/N-ethyl adjacent to an activating group) is 1. The summed E-state index contributed by atoms with van der Waals surface area (Å²) in [7, 11) is -4.27. The van der Waals surface area contributed by atoms with Gasteiger partial charge in [-0.15, -0.1) is 0 Å². The van der Waals surface area contributed by atoms with Gasteiger partial charge in [0.25, 0.3) is 10.0 Å². The highest BCUT2D eigenvalue weighted by molar-refractivity contribution is 7.92. The summed E-state index contributed by atoms with van der Waals surface area (Å²) < 4.78 is 41.9. The number of halogens is 3. The second-order valence-electron chi connectivity index (χ2n) is 8.39. The molecule has 0 bridgehead atoms. The van der Waals surface area contributed by atoms with Crippen LogP contribution in [0.5, 0.6) is 0 Å². The Morgan fingerprint density at radius 1 is 0.974 bits per heavy atom. The second kappa shape index (κ2) is 13.1. The van der Waals surface area contributed by atoms with E-state index in [9.17, 15) is 22.4 Å².